The molecule has 0 radical (unpaired) electrons. The summed E-state index contributed by atoms with van der Waals surface area (Å²) in [5.41, 5.74) is 0. The molecule has 2 rings (SSSR count). The fraction of sp³-hybridized carbons (Fsp3) is 0.944. The van der Waals surface area contributed by atoms with E-state index < -0.39 is 10.0 Å². The van der Waals surface area contributed by atoms with Crippen molar-refractivity contribution in [3.05, 3.63) is 0 Å². The van der Waals surface area contributed by atoms with E-state index in [9.17, 15) is 8.42 Å². The van der Waals surface area contributed by atoms with Crippen LogP contribution in [0.2, 0.25) is 0 Å². The van der Waals surface area contributed by atoms with E-state index in [0.29, 0.717) is 25.8 Å². The summed E-state index contributed by atoms with van der Waals surface area (Å²) < 4.78 is 37.2. The lowest BCUT2D eigenvalue weighted by Gasteiger charge is -2.35. The topological polar surface area (TPSA) is 92.3 Å². The predicted molar refractivity (Wildman–Crippen MR) is 123 cm³/mol. The number of hydrogen-bond donors (Lipinski definition) is 2. The zero-order valence-electron chi connectivity index (χ0n) is 17.2. The Kier molecular flexibility index (Phi) is 12.9. The van der Waals surface area contributed by atoms with E-state index in [2.05, 4.69) is 19.9 Å². The molecule has 28 heavy (non-hydrogen) atoms. The number of halogens is 1. The SMILES string of the molecule is CCS(=O)(=O)NCCCNC(=NC)N1CCC(OCC2CCCCO2)CC1.I. The van der Waals surface area contributed by atoms with Crippen LogP contribution in [0.5, 0.6) is 0 Å². The minimum absolute atomic E-state index is 0. The third-order valence-electron chi connectivity index (χ3n) is 5.08. The monoisotopic (exact) mass is 532 g/mol. The van der Waals surface area contributed by atoms with Gasteiger partial charge in [-0.1, -0.05) is 0 Å². The van der Waals surface area contributed by atoms with Crippen molar-refractivity contribution in [1.29, 1.82) is 0 Å². The molecule has 0 aliphatic carbocycles. The van der Waals surface area contributed by atoms with Gasteiger partial charge in [-0.05, 0) is 45.4 Å². The molecule has 8 nitrogen and oxygen atoms in total. The second-order valence-electron chi connectivity index (χ2n) is 7.13. The molecule has 0 saturated carbocycles. The lowest BCUT2D eigenvalue weighted by atomic mass is 10.1. The van der Waals surface area contributed by atoms with Crippen LogP contribution in [0.25, 0.3) is 0 Å². The number of sulfonamides is 1. The zero-order chi connectivity index (χ0) is 19.5. The second kappa shape index (κ2) is 13.9. The van der Waals surface area contributed by atoms with Gasteiger partial charge in [-0.3, -0.25) is 4.99 Å². The third kappa shape index (κ3) is 9.55. The van der Waals surface area contributed by atoms with Crippen LogP contribution in [0.4, 0.5) is 0 Å². The van der Waals surface area contributed by atoms with Gasteiger partial charge in [0.05, 0.1) is 24.6 Å². The van der Waals surface area contributed by atoms with Gasteiger partial charge >= 0.3 is 0 Å². The van der Waals surface area contributed by atoms with E-state index in [-0.39, 0.29) is 35.8 Å². The summed E-state index contributed by atoms with van der Waals surface area (Å²) in [6, 6.07) is 0. The summed E-state index contributed by atoms with van der Waals surface area (Å²) in [4.78, 5) is 6.59. The van der Waals surface area contributed by atoms with Crippen molar-refractivity contribution in [2.24, 2.45) is 4.99 Å². The molecule has 166 valence electrons. The molecule has 0 amide bonds. The van der Waals surface area contributed by atoms with Crippen LogP contribution in [-0.2, 0) is 19.5 Å². The fourth-order valence-corrected chi connectivity index (χ4v) is 4.03. The number of piperidine rings is 1. The molecule has 0 spiro atoms. The summed E-state index contributed by atoms with van der Waals surface area (Å²) in [5, 5.41) is 3.32. The average molecular weight is 532 g/mol. The maximum atomic E-state index is 11.4. The first kappa shape index (κ1) is 25.9. The Morgan fingerprint density at radius 3 is 2.57 bits per heavy atom. The molecular formula is C18H37IN4O4S. The van der Waals surface area contributed by atoms with Crippen LogP contribution < -0.4 is 10.0 Å². The van der Waals surface area contributed by atoms with Crippen molar-refractivity contribution in [2.45, 2.75) is 57.7 Å². The van der Waals surface area contributed by atoms with Gasteiger partial charge in [-0.25, -0.2) is 13.1 Å². The molecule has 2 aliphatic heterocycles. The molecule has 2 saturated heterocycles. The summed E-state index contributed by atoms with van der Waals surface area (Å²) >= 11 is 0. The van der Waals surface area contributed by atoms with Crippen molar-refractivity contribution in [3.8, 4) is 0 Å². The maximum Gasteiger partial charge on any atom is 0.211 e. The molecule has 0 aromatic carbocycles. The first-order chi connectivity index (χ1) is 13.0. The van der Waals surface area contributed by atoms with Crippen LogP contribution in [0, 0.1) is 0 Å². The predicted octanol–water partition coefficient (Wildman–Crippen LogP) is 1.56. The number of rotatable bonds is 9. The van der Waals surface area contributed by atoms with E-state index in [1.165, 1.54) is 12.8 Å². The lowest BCUT2D eigenvalue weighted by Crippen LogP contribution is -2.47. The molecule has 2 heterocycles. The highest BCUT2D eigenvalue weighted by atomic mass is 127. The molecule has 2 fully saturated rings. The molecule has 1 unspecified atom stereocenters. The van der Waals surface area contributed by atoms with Gasteiger partial charge in [-0.15, -0.1) is 24.0 Å². The quantitative estimate of drug-likeness (QED) is 0.203. The Morgan fingerprint density at radius 1 is 1.21 bits per heavy atom. The normalized spacial score (nSPS) is 22.0. The number of nitrogens with one attached hydrogen (secondary N) is 2. The van der Waals surface area contributed by atoms with Gasteiger partial charge in [0.2, 0.25) is 10.0 Å². The van der Waals surface area contributed by atoms with Crippen molar-refractivity contribution >= 4 is 40.0 Å². The van der Waals surface area contributed by atoms with Crippen molar-refractivity contribution in [2.75, 3.05) is 52.2 Å². The highest BCUT2D eigenvalue weighted by molar-refractivity contribution is 14.0. The van der Waals surface area contributed by atoms with E-state index in [1.54, 1.807) is 14.0 Å². The number of ether oxygens (including phenoxy) is 2. The Labute approximate surface area is 187 Å². The Bertz CT molecular complexity index is 548. The molecule has 10 heteroatoms. The number of guanidine groups is 1. The van der Waals surface area contributed by atoms with Crippen LogP contribution in [-0.4, -0.2) is 83.7 Å². The van der Waals surface area contributed by atoms with Crippen molar-refractivity contribution < 1.29 is 17.9 Å². The average Bonchev–Trinajstić information content (AvgIpc) is 2.70. The van der Waals surface area contributed by atoms with Crippen LogP contribution >= 0.6 is 24.0 Å². The highest BCUT2D eigenvalue weighted by Crippen LogP contribution is 2.17. The minimum atomic E-state index is -3.11. The maximum absolute atomic E-state index is 11.4. The minimum Gasteiger partial charge on any atom is -0.376 e. The van der Waals surface area contributed by atoms with Gasteiger partial charge in [0.15, 0.2) is 5.96 Å². The molecule has 2 N–H and O–H groups in total. The summed E-state index contributed by atoms with van der Waals surface area (Å²) in [5.74, 6) is 0.994. The van der Waals surface area contributed by atoms with E-state index in [0.717, 1.165) is 51.3 Å². The number of nitrogens with zero attached hydrogens (tertiary/aromatic N) is 2. The fourth-order valence-electron chi connectivity index (χ4n) is 3.37. The zero-order valence-corrected chi connectivity index (χ0v) is 20.3. The highest BCUT2D eigenvalue weighted by Gasteiger charge is 2.23. The Hall–Kier alpha value is -0.170. The molecule has 0 aromatic heterocycles. The third-order valence-corrected chi connectivity index (χ3v) is 6.49. The van der Waals surface area contributed by atoms with Crippen molar-refractivity contribution in [3.63, 3.8) is 0 Å². The molecular weight excluding hydrogens is 495 g/mol. The van der Waals surface area contributed by atoms with E-state index >= 15 is 0 Å². The molecule has 1 atom stereocenters. The molecule has 0 aromatic rings. The second-order valence-corrected chi connectivity index (χ2v) is 9.23. The van der Waals surface area contributed by atoms with E-state index in [1.807, 2.05) is 0 Å². The van der Waals surface area contributed by atoms with E-state index in [4.69, 9.17) is 9.47 Å². The number of likely N-dealkylation sites (tertiary alicyclic amines) is 1. The first-order valence-corrected chi connectivity index (χ1v) is 11.9. The van der Waals surface area contributed by atoms with Gasteiger partial charge in [-0.2, -0.15) is 0 Å². The Morgan fingerprint density at radius 2 is 1.96 bits per heavy atom. The van der Waals surface area contributed by atoms with Crippen LogP contribution in [0.3, 0.4) is 0 Å². The summed E-state index contributed by atoms with van der Waals surface area (Å²) in [6.45, 7) is 6.18. The summed E-state index contributed by atoms with van der Waals surface area (Å²) in [7, 11) is -1.32. The van der Waals surface area contributed by atoms with Crippen LogP contribution in [0.1, 0.15) is 45.4 Å². The largest absolute Gasteiger partial charge is 0.376 e. The standard InChI is InChI=1S/C18H36N4O4S.HI/c1-3-27(23,24)21-11-6-10-20-18(19-2)22-12-8-16(9-13-22)26-15-17-7-4-5-14-25-17;/h16-17,21H,3-15H2,1-2H3,(H,19,20);1H. The van der Waals surface area contributed by atoms with Gasteiger partial charge < -0.3 is 19.7 Å². The number of aliphatic imine (C=N–C) groups is 1. The Balaban J connectivity index is 0.00000392. The number of hydrogen-bond acceptors (Lipinski definition) is 5. The van der Waals surface area contributed by atoms with Gasteiger partial charge in [0, 0.05) is 39.8 Å². The van der Waals surface area contributed by atoms with Crippen molar-refractivity contribution in [1.82, 2.24) is 14.9 Å². The van der Waals surface area contributed by atoms with Crippen LogP contribution in [0.15, 0.2) is 4.99 Å². The first-order valence-electron chi connectivity index (χ1n) is 10.2. The lowest BCUT2D eigenvalue weighted by molar-refractivity contribution is -0.0721. The smallest absolute Gasteiger partial charge is 0.211 e. The van der Waals surface area contributed by atoms with Gasteiger partial charge in [0.1, 0.15) is 0 Å². The molecule has 0 bridgehead atoms. The van der Waals surface area contributed by atoms with Gasteiger partial charge in [0.25, 0.3) is 0 Å². The summed E-state index contributed by atoms with van der Waals surface area (Å²) in [6.07, 6.45) is 6.81. The molecule has 2 aliphatic rings.